The zero-order chi connectivity index (χ0) is 27.2. The molecule has 0 aliphatic carbocycles. The average molecular weight is 527 g/mol. The van der Waals surface area contributed by atoms with E-state index in [-0.39, 0.29) is 28.4 Å². The van der Waals surface area contributed by atoms with Crippen LogP contribution in [-0.4, -0.2) is 17.6 Å². The van der Waals surface area contributed by atoms with Crippen LogP contribution in [-0.2, 0) is 9.59 Å². The number of para-hydroxylation sites is 1. The number of dihydropyridines is 1. The van der Waals surface area contributed by atoms with Gasteiger partial charge in [0.1, 0.15) is 5.82 Å². The normalized spacial score (nSPS) is 15.0. The van der Waals surface area contributed by atoms with Crippen LogP contribution >= 0.6 is 11.8 Å². The van der Waals surface area contributed by atoms with Gasteiger partial charge in [-0.3, -0.25) is 9.59 Å². The molecule has 3 N–H and O–H groups in total. The molecule has 8 heteroatoms. The fourth-order valence-electron chi connectivity index (χ4n) is 4.22. The van der Waals surface area contributed by atoms with Crippen molar-refractivity contribution in [3.05, 3.63) is 117 Å². The Morgan fingerprint density at radius 1 is 0.974 bits per heavy atom. The molecule has 0 spiro atoms. The van der Waals surface area contributed by atoms with E-state index in [9.17, 15) is 14.9 Å². The summed E-state index contributed by atoms with van der Waals surface area (Å²) >= 11 is 1.13. The number of nitrogens with one attached hydrogen (secondary N) is 3. The van der Waals surface area contributed by atoms with Gasteiger partial charge in [0.15, 0.2) is 0 Å². The number of allylic oxidation sites excluding steroid dienone is 2. The van der Waals surface area contributed by atoms with Gasteiger partial charge in [-0.05, 0) is 50.6 Å². The van der Waals surface area contributed by atoms with Crippen LogP contribution in [0.5, 0.6) is 0 Å². The van der Waals surface area contributed by atoms with Crippen molar-refractivity contribution in [3.8, 4) is 6.07 Å². The summed E-state index contributed by atoms with van der Waals surface area (Å²) in [4.78, 5) is 26.2. The maximum absolute atomic E-state index is 15.1. The van der Waals surface area contributed by atoms with E-state index in [1.165, 1.54) is 6.07 Å². The highest BCUT2D eigenvalue weighted by atomic mass is 32.2. The number of thioether (sulfide) groups is 1. The quantitative estimate of drug-likeness (QED) is 0.343. The van der Waals surface area contributed by atoms with E-state index in [1.54, 1.807) is 31.2 Å². The number of nitrogens with zero attached hydrogens (tertiary/aromatic N) is 1. The first kappa shape index (κ1) is 26.7. The maximum Gasteiger partial charge on any atom is 0.254 e. The lowest BCUT2D eigenvalue weighted by Crippen LogP contribution is -2.31. The fraction of sp³-hybridized carbons (Fsp3) is 0.167. The van der Waals surface area contributed by atoms with Gasteiger partial charge in [-0.1, -0.05) is 65.9 Å². The van der Waals surface area contributed by atoms with Gasteiger partial charge in [0.2, 0.25) is 5.91 Å². The summed E-state index contributed by atoms with van der Waals surface area (Å²) < 4.78 is 15.1. The molecule has 0 saturated carbocycles. The Kier molecular flexibility index (Phi) is 8.29. The van der Waals surface area contributed by atoms with Crippen LogP contribution in [0.2, 0.25) is 0 Å². The van der Waals surface area contributed by atoms with Crippen LogP contribution in [0.25, 0.3) is 0 Å². The summed E-state index contributed by atoms with van der Waals surface area (Å²) in [5, 5.41) is 19.5. The van der Waals surface area contributed by atoms with E-state index in [1.807, 2.05) is 56.3 Å². The van der Waals surface area contributed by atoms with E-state index in [0.717, 1.165) is 22.9 Å². The molecule has 1 aliphatic rings. The Morgan fingerprint density at radius 3 is 2.34 bits per heavy atom. The molecule has 1 aliphatic heterocycles. The molecule has 0 saturated heterocycles. The van der Waals surface area contributed by atoms with Crippen LogP contribution in [0.4, 0.5) is 15.8 Å². The van der Waals surface area contributed by atoms with Crippen molar-refractivity contribution in [1.82, 2.24) is 5.32 Å². The lowest BCUT2D eigenvalue weighted by atomic mass is 9.82. The third-order valence-corrected chi connectivity index (χ3v) is 7.20. The van der Waals surface area contributed by atoms with Gasteiger partial charge in [0, 0.05) is 28.2 Å². The Bertz CT molecular complexity index is 1490. The number of anilines is 2. The minimum atomic E-state index is -0.950. The first-order chi connectivity index (χ1) is 18.3. The highest BCUT2D eigenvalue weighted by Crippen LogP contribution is 2.41. The fourth-order valence-corrected chi connectivity index (χ4v) is 5.11. The van der Waals surface area contributed by atoms with Crippen molar-refractivity contribution >= 4 is 35.0 Å². The smallest absolute Gasteiger partial charge is 0.254 e. The van der Waals surface area contributed by atoms with Gasteiger partial charge in [0.05, 0.1) is 28.3 Å². The summed E-state index contributed by atoms with van der Waals surface area (Å²) in [6.07, 6.45) is 0. The Hall–Kier alpha value is -4.35. The van der Waals surface area contributed by atoms with E-state index in [2.05, 4.69) is 22.0 Å². The lowest BCUT2D eigenvalue weighted by molar-refractivity contribution is -0.114. The van der Waals surface area contributed by atoms with Crippen molar-refractivity contribution in [2.75, 3.05) is 16.4 Å². The maximum atomic E-state index is 15.1. The molecule has 0 aromatic heterocycles. The number of hydrogen-bond acceptors (Lipinski definition) is 5. The number of carbonyl (C=O) groups is 2. The first-order valence-corrected chi connectivity index (χ1v) is 13.0. The van der Waals surface area contributed by atoms with Crippen molar-refractivity contribution < 1.29 is 14.0 Å². The number of rotatable bonds is 7. The Balaban J connectivity index is 1.65. The van der Waals surface area contributed by atoms with E-state index in [0.29, 0.717) is 22.1 Å². The SMILES string of the molecule is CC1=C(C(=O)Nc2ccccc2C)[C@@H](c2ccccc2F)C(C#N)=C(SCC(=O)Nc2ccc(C)cc2)N1. The molecule has 0 radical (unpaired) electrons. The van der Waals surface area contributed by atoms with Gasteiger partial charge in [-0.2, -0.15) is 5.26 Å². The molecule has 38 heavy (non-hydrogen) atoms. The Morgan fingerprint density at radius 2 is 1.66 bits per heavy atom. The zero-order valence-electron chi connectivity index (χ0n) is 21.3. The van der Waals surface area contributed by atoms with Gasteiger partial charge in [0.25, 0.3) is 5.91 Å². The second-order valence-electron chi connectivity index (χ2n) is 8.94. The van der Waals surface area contributed by atoms with Gasteiger partial charge < -0.3 is 16.0 Å². The summed E-state index contributed by atoms with van der Waals surface area (Å²) in [5.41, 5.74) is 4.34. The molecule has 192 valence electrons. The lowest BCUT2D eigenvalue weighted by Gasteiger charge is -2.30. The molecular weight excluding hydrogens is 499 g/mol. The number of aryl methyl sites for hydroxylation is 2. The predicted molar refractivity (Wildman–Crippen MR) is 150 cm³/mol. The van der Waals surface area contributed by atoms with Crippen molar-refractivity contribution in [1.29, 1.82) is 5.26 Å². The number of amides is 2. The molecule has 1 atom stereocenters. The van der Waals surface area contributed by atoms with E-state index in [4.69, 9.17) is 0 Å². The second-order valence-corrected chi connectivity index (χ2v) is 9.93. The summed E-state index contributed by atoms with van der Waals surface area (Å²) in [6.45, 7) is 5.55. The van der Waals surface area contributed by atoms with Gasteiger partial charge in [-0.15, -0.1) is 0 Å². The number of nitriles is 1. The molecule has 0 bridgehead atoms. The van der Waals surface area contributed by atoms with Crippen LogP contribution in [0.3, 0.4) is 0 Å². The summed E-state index contributed by atoms with van der Waals surface area (Å²) in [5.74, 6) is -2.15. The molecular formula is C30H27FN4O2S. The van der Waals surface area contributed by atoms with Crippen molar-refractivity contribution in [2.24, 2.45) is 0 Å². The van der Waals surface area contributed by atoms with Gasteiger partial charge >= 0.3 is 0 Å². The topological polar surface area (TPSA) is 94.0 Å². The predicted octanol–water partition coefficient (Wildman–Crippen LogP) is 6.15. The summed E-state index contributed by atoms with van der Waals surface area (Å²) in [7, 11) is 0. The largest absolute Gasteiger partial charge is 0.353 e. The molecule has 3 aromatic carbocycles. The Labute approximate surface area is 225 Å². The van der Waals surface area contributed by atoms with E-state index >= 15 is 4.39 Å². The molecule has 0 unspecified atom stereocenters. The van der Waals surface area contributed by atoms with Gasteiger partial charge in [-0.25, -0.2) is 4.39 Å². The average Bonchev–Trinajstić information content (AvgIpc) is 2.90. The third kappa shape index (κ3) is 5.96. The second kappa shape index (κ2) is 11.8. The minimum absolute atomic E-state index is 0.0173. The standard InChI is InChI=1S/C30H27FN4O2S/c1-18-12-14-21(15-13-18)34-26(36)17-38-30-23(16-32)28(22-9-5-6-10-24(22)31)27(20(3)33-30)29(37)35-25-11-7-4-8-19(25)2/h4-15,28,33H,17H2,1-3H3,(H,34,36)(H,35,37)/t28-/m0/s1. The minimum Gasteiger partial charge on any atom is -0.353 e. The molecule has 4 rings (SSSR count). The summed E-state index contributed by atoms with van der Waals surface area (Å²) in [6, 6.07) is 23.1. The number of hydrogen-bond donors (Lipinski definition) is 3. The zero-order valence-corrected chi connectivity index (χ0v) is 22.1. The van der Waals surface area contributed by atoms with Crippen molar-refractivity contribution in [3.63, 3.8) is 0 Å². The highest BCUT2D eigenvalue weighted by Gasteiger charge is 2.36. The third-order valence-electron chi connectivity index (χ3n) is 6.18. The molecule has 3 aromatic rings. The van der Waals surface area contributed by atoms with Crippen LogP contribution in [0.1, 0.15) is 29.5 Å². The number of benzene rings is 3. The molecule has 1 heterocycles. The highest BCUT2D eigenvalue weighted by molar-refractivity contribution is 8.03. The number of halogens is 1. The molecule has 6 nitrogen and oxygen atoms in total. The molecule has 2 amide bonds. The number of carbonyl (C=O) groups excluding carboxylic acids is 2. The molecule has 0 fully saturated rings. The van der Waals surface area contributed by atoms with Crippen LogP contribution in [0, 0.1) is 31.0 Å². The first-order valence-electron chi connectivity index (χ1n) is 12.0. The van der Waals surface area contributed by atoms with Crippen LogP contribution < -0.4 is 16.0 Å². The van der Waals surface area contributed by atoms with Crippen molar-refractivity contribution in [2.45, 2.75) is 26.7 Å². The van der Waals surface area contributed by atoms with Crippen LogP contribution in [0.15, 0.2) is 94.7 Å². The monoisotopic (exact) mass is 526 g/mol. The van der Waals surface area contributed by atoms with E-state index < -0.39 is 17.6 Å².